The van der Waals surface area contributed by atoms with Gasteiger partial charge in [-0.15, -0.1) is 0 Å². The second kappa shape index (κ2) is 9.09. The van der Waals surface area contributed by atoms with Gasteiger partial charge in [-0.3, -0.25) is 0 Å². The van der Waals surface area contributed by atoms with E-state index in [4.69, 9.17) is 5.11 Å². The van der Waals surface area contributed by atoms with Gasteiger partial charge in [-0.05, 0) is 76.5 Å². The smallest absolute Gasteiger partial charge is 0.328 e. The molecule has 0 radical (unpaired) electrons. The van der Waals surface area contributed by atoms with E-state index in [2.05, 4.69) is 49.6 Å². The summed E-state index contributed by atoms with van der Waals surface area (Å²) in [6.07, 6.45) is 3.86. The van der Waals surface area contributed by atoms with Crippen LogP contribution in [0.4, 0.5) is 15.8 Å². The number of hydrogen-bond donors (Lipinski definition) is 1. The molecule has 0 fully saturated rings. The maximum absolute atomic E-state index is 14.7. The number of rotatable bonds is 6. The molecule has 2 rings (SSSR count). The van der Waals surface area contributed by atoms with Gasteiger partial charge in [0.25, 0.3) is 0 Å². The van der Waals surface area contributed by atoms with Crippen molar-refractivity contribution in [3.8, 4) is 0 Å². The number of halogens is 1. The molecule has 0 atom stereocenters. The molecule has 152 valence electrons. The average Bonchev–Trinajstić information content (AvgIpc) is 2.63. The first-order valence-electron chi connectivity index (χ1n) is 9.75. The van der Waals surface area contributed by atoms with Crippen molar-refractivity contribution in [2.24, 2.45) is 0 Å². The number of fused-ring (bicyclic) bond motifs is 1. The number of carbonyl (C=O) groups is 1. The molecule has 0 bridgehead atoms. The molecule has 1 aromatic carbocycles. The predicted octanol–water partition coefficient (Wildman–Crippen LogP) is 5.42. The highest BCUT2D eigenvalue weighted by molar-refractivity contribution is 5.82. The molecule has 0 saturated carbocycles. The number of carboxylic acids is 1. The molecular formula is C23H31FN2O2. The molecule has 1 aliphatic heterocycles. The lowest BCUT2D eigenvalue weighted by atomic mass is 10.0. The monoisotopic (exact) mass is 386 g/mol. The summed E-state index contributed by atoms with van der Waals surface area (Å²) in [7, 11) is 0. The Labute approximate surface area is 167 Å². The number of carboxylic acid groups (broad SMARTS) is 1. The van der Waals surface area contributed by atoms with Crippen molar-refractivity contribution >= 4 is 22.9 Å². The van der Waals surface area contributed by atoms with Gasteiger partial charge in [0, 0.05) is 31.2 Å². The molecule has 0 saturated heterocycles. The summed E-state index contributed by atoms with van der Waals surface area (Å²) in [5, 5.41) is 8.75. The third-order valence-corrected chi connectivity index (χ3v) is 5.06. The number of allylic oxidation sites excluding steroid dienone is 5. The molecular weight excluding hydrogens is 355 g/mol. The molecule has 0 aromatic heterocycles. The van der Waals surface area contributed by atoms with Crippen molar-refractivity contribution in [3.05, 3.63) is 53.4 Å². The molecule has 1 aromatic rings. The van der Waals surface area contributed by atoms with Crippen LogP contribution < -0.4 is 9.80 Å². The molecule has 0 unspecified atom stereocenters. The van der Waals surface area contributed by atoms with Crippen molar-refractivity contribution in [2.45, 2.75) is 53.6 Å². The van der Waals surface area contributed by atoms with Gasteiger partial charge < -0.3 is 14.9 Å². The van der Waals surface area contributed by atoms with Crippen LogP contribution in [-0.4, -0.2) is 36.2 Å². The van der Waals surface area contributed by atoms with E-state index >= 15 is 0 Å². The van der Waals surface area contributed by atoms with Crippen LogP contribution in [0.15, 0.2) is 47.8 Å². The first-order valence-corrected chi connectivity index (χ1v) is 9.75. The minimum Gasteiger partial charge on any atom is -0.478 e. The van der Waals surface area contributed by atoms with Gasteiger partial charge in [0.05, 0.1) is 11.4 Å². The van der Waals surface area contributed by atoms with E-state index in [0.29, 0.717) is 23.2 Å². The van der Waals surface area contributed by atoms with Crippen LogP contribution in [0.5, 0.6) is 0 Å². The Kier molecular flexibility index (Phi) is 7.05. The fourth-order valence-electron chi connectivity index (χ4n) is 3.47. The topological polar surface area (TPSA) is 43.8 Å². The minimum absolute atomic E-state index is 0.362. The standard InChI is InChI=1S/C23H31FN2O2/c1-15(2)25-11-12-26(16(3)4)22-14-19(8-10-21(22)25)18(6)20(24)9-7-17(5)13-23(27)28/h7-10,13-16H,11-12H2,1-6H3,(H,27,28)/b9-7+,17-13+,20-18+. The second-order valence-electron chi connectivity index (χ2n) is 7.81. The summed E-state index contributed by atoms with van der Waals surface area (Å²) in [5.41, 5.74) is 4.16. The number of anilines is 2. The first kappa shape index (κ1) is 21.7. The summed E-state index contributed by atoms with van der Waals surface area (Å²) < 4.78 is 14.7. The van der Waals surface area contributed by atoms with Crippen molar-refractivity contribution in [2.75, 3.05) is 22.9 Å². The van der Waals surface area contributed by atoms with Crippen LogP contribution in [0, 0.1) is 0 Å². The van der Waals surface area contributed by atoms with Gasteiger partial charge in [-0.25, -0.2) is 9.18 Å². The average molecular weight is 387 g/mol. The number of nitrogens with zero attached hydrogens (tertiary/aromatic N) is 2. The zero-order chi connectivity index (χ0) is 21.0. The van der Waals surface area contributed by atoms with Gasteiger partial charge in [-0.2, -0.15) is 0 Å². The minimum atomic E-state index is -1.04. The van der Waals surface area contributed by atoms with Crippen molar-refractivity contribution < 1.29 is 14.3 Å². The normalized spacial score (nSPS) is 16.1. The van der Waals surface area contributed by atoms with E-state index in [0.717, 1.165) is 30.4 Å². The van der Waals surface area contributed by atoms with Crippen LogP contribution in [0.25, 0.3) is 5.57 Å². The molecule has 5 heteroatoms. The molecule has 1 heterocycles. The molecule has 0 amide bonds. The highest BCUT2D eigenvalue weighted by Crippen LogP contribution is 2.38. The third kappa shape index (κ3) is 5.03. The fraction of sp³-hybridized carbons (Fsp3) is 0.435. The summed E-state index contributed by atoms with van der Waals surface area (Å²) in [6, 6.07) is 6.86. The Hall–Kier alpha value is -2.56. The lowest BCUT2D eigenvalue weighted by molar-refractivity contribution is -0.131. The largest absolute Gasteiger partial charge is 0.478 e. The van der Waals surface area contributed by atoms with Crippen LogP contribution in [-0.2, 0) is 4.79 Å². The maximum atomic E-state index is 14.7. The van der Waals surface area contributed by atoms with E-state index < -0.39 is 5.97 Å². The predicted molar refractivity (Wildman–Crippen MR) is 116 cm³/mol. The molecule has 28 heavy (non-hydrogen) atoms. The van der Waals surface area contributed by atoms with E-state index in [-0.39, 0.29) is 5.83 Å². The highest BCUT2D eigenvalue weighted by Gasteiger charge is 2.26. The Morgan fingerprint density at radius 2 is 1.61 bits per heavy atom. The lowest BCUT2D eigenvalue weighted by Crippen LogP contribution is -2.46. The van der Waals surface area contributed by atoms with Crippen molar-refractivity contribution in [3.63, 3.8) is 0 Å². The lowest BCUT2D eigenvalue weighted by Gasteiger charge is -2.43. The fourth-order valence-corrected chi connectivity index (χ4v) is 3.47. The van der Waals surface area contributed by atoms with E-state index in [1.165, 1.54) is 17.8 Å². The highest BCUT2D eigenvalue weighted by atomic mass is 19.1. The van der Waals surface area contributed by atoms with Crippen molar-refractivity contribution in [1.29, 1.82) is 0 Å². The molecule has 0 aliphatic carbocycles. The zero-order valence-electron chi connectivity index (χ0n) is 17.7. The van der Waals surface area contributed by atoms with E-state index in [1.807, 2.05) is 6.07 Å². The van der Waals surface area contributed by atoms with Crippen LogP contribution in [0.2, 0.25) is 0 Å². The molecule has 0 spiro atoms. The molecule has 1 aliphatic rings. The van der Waals surface area contributed by atoms with E-state index in [9.17, 15) is 9.18 Å². The number of hydrogen-bond acceptors (Lipinski definition) is 3. The quantitative estimate of drug-likeness (QED) is 0.524. The Morgan fingerprint density at radius 1 is 1.04 bits per heavy atom. The Bertz CT molecular complexity index is 822. The van der Waals surface area contributed by atoms with Crippen LogP contribution in [0.1, 0.15) is 47.1 Å². The van der Waals surface area contributed by atoms with Gasteiger partial charge in [0.2, 0.25) is 0 Å². The Morgan fingerprint density at radius 3 is 2.14 bits per heavy atom. The summed E-state index contributed by atoms with van der Waals surface area (Å²) in [5.74, 6) is -1.41. The number of benzene rings is 1. The summed E-state index contributed by atoms with van der Waals surface area (Å²) in [4.78, 5) is 15.4. The van der Waals surface area contributed by atoms with Gasteiger partial charge in [0.15, 0.2) is 0 Å². The summed E-state index contributed by atoms with van der Waals surface area (Å²) >= 11 is 0. The van der Waals surface area contributed by atoms with E-state index in [1.54, 1.807) is 13.8 Å². The SMILES string of the molecule is CC(/C=C/C(F)=C(/C)c1ccc2c(c1)N(C(C)C)CCN2C(C)C)=C\C(=O)O. The first-order chi connectivity index (χ1) is 13.1. The van der Waals surface area contributed by atoms with Crippen molar-refractivity contribution in [1.82, 2.24) is 0 Å². The Balaban J connectivity index is 2.43. The van der Waals surface area contributed by atoms with Gasteiger partial charge >= 0.3 is 5.97 Å². The summed E-state index contributed by atoms with van der Waals surface area (Å²) in [6.45, 7) is 14.0. The second-order valence-corrected chi connectivity index (χ2v) is 7.81. The van der Waals surface area contributed by atoms with Gasteiger partial charge in [0.1, 0.15) is 5.83 Å². The third-order valence-electron chi connectivity index (χ3n) is 5.06. The van der Waals surface area contributed by atoms with Gasteiger partial charge in [-0.1, -0.05) is 12.1 Å². The maximum Gasteiger partial charge on any atom is 0.328 e. The molecule has 4 nitrogen and oxygen atoms in total. The zero-order valence-corrected chi connectivity index (χ0v) is 17.7. The molecule has 1 N–H and O–H groups in total. The number of aliphatic carboxylic acids is 1. The van der Waals surface area contributed by atoms with Crippen LogP contribution in [0.3, 0.4) is 0 Å². The van der Waals surface area contributed by atoms with Crippen LogP contribution >= 0.6 is 0 Å².